The van der Waals surface area contributed by atoms with Crippen LogP contribution in [0.25, 0.3) is 11.2 Å². The fourth-order valence-electron chi connectivity index (χ4n) is 2.78. The van der Waals surface area contributed by atoms with Crippen LogP contribution in [0.1, 0.15) is 6.92 Å². The van der Waals surface area contributed by atoms with Gasteiger partial charge in [0.1, 0.15) is 6.54 Å². The third-order valence-corrected chi connectivity index (χ3v) is 5.13. The van der Waals surface area contributed by atoms with Crippen molar-refractivity contribution in [3.63, 3.8) is 0 Å². The fraction of sp³-hybridized carbons (Fsp3) is 0.176. The second-order valence-electron chi connectivity index (χ2n) is 5.82. The first-order valence-corrected chi connectivity index (χ1v) is 9.15. The molecule has 1 aliphatic rings. The summed E-state index contributed by atoms with van der Waals surface area (Å²) in [5, 5.41) is 3.42. The molecule has 1 aliphatic heterocycles. The van der Waals surface area contributed by atoms with Crippen LogP contribution in [0.4, 0.5) is 11.4 Å². The molecule has 26 heavy (non-hydrogen) atoms. The van der Waals surface area contributed by atoms with Gasteiger partial charge in [-0.15, -0.1) is 0 Å². The molecule has 0 saturated heterocycles. The summed E-state index contributed by atoms with van der Waals surface area (Å²) >= 11 is 7.21. The minimum absolute atomic E-state index is 0.00194. The number of carbonyl (C=O) groups is 2. The van der Waals surface area contributed by atoms with Crippen molar-refractivity contribution in [2.75, 3.05) is 16.8 Å². The molecule has 132 valence electrons. The number of thioether (sulfide) groups is 1. The number of H-pyrrole nitrogens is 1. The van der Waals surface area contributed by atoms with Crippen LogP contribution in [0.2, 0.25) is 5.02 Å². The van der Waals surface area contributed by atoms with Crippen LogP contribution in [0, 0.1) is 0 Å². The molecule has 0 radical (unpaired) electrons. The van der Waals surface area contributed by atoms with Gasteiger partial charge in [0, 0.05) is 6.20 Å². The van der Waals surface area contributed by atoms with Gasteiger partial charge < -0.3 is 10.3 Å². The highest BCUT2D eigenvalue weighted by Crippen LogP contribution is 2.32. The number of anilines is 2. The SMILES string of the molecule is CC(Sc1nc2ncc(Cl)cc2[nH]1)C(=O)N1CC(=O)Nc2ccccc21. The number of amides is 2. The molecule has 0 spiro atoms. The van der Waals surface area contributed by atoms with Crippen LogP contribution in [-0.2, 0) is 9.59 Å². The molecular formula is C17H14ClN5O2S. The number of rotatable bonds is 3. The van der Waals surface area contributed by atoms with Gasteiger partial charge in [0.2, 0.25) is 11.8 Å². The summed E-state index contributed by atoms with van der Waals surface area (Å²) in [6.07, 6.45) is 1.52. The zero-order valence-electron chi connectivity index (χ0n) is 13.7. The maximum Gasteiger partial charge on any atom is 0.244 e. The lowest BCUT2D eigenvalue weighted by Crippen LogP contribution is -2.45. The molecule has 1 atom stereocenters. The number of benzene rings is 1. The molecule has 0 saturated carbocycles. The summed E-state index contributed by atoms with van der Waals surface area (Å²) in [5.41, 5.74) is 2.58. The predicted molar refractivity (Wildman–Crippen MR) is 102 cm³/mol. The van der Waals surface area contributed by atoms with E-state index in [2.05, 4.69) is 20.3 Å². The standard InChI is InChI=1S/C17H14ClN5O2S/c1-9(26-17-21-12-6-10(18)7-19-15(12)22-17)16(25)23-8-14(24)20-11-4-2-3-5-13(11)23/h2-7,9H,8H2,1H3,(H,20,24)(H,19,21,22). The van der Waals surface area contributed by atoms with Gasteiger partial charge >= 0.3 is 0 Å². The monoisotopic (exact) mass is 387 g/mol. The smallest absolute Gasteiger partial charge is 0.244 e. The van der Waals surface area contributed by atoms with E-state index in [9.17, 15) is 9.59 Å². The Morgan fingerprint density at radius 3 is 3.04 bits per heavy atom. The average molecular weight is 388 g/mol. The Bertz CT molecular complexity index is 1020. The number of pyridine rings is 1. The highest BCUT2D eigenvalue weighted by atomic mass is 35.5. The van der Waals surface area contributed by atoms with Crippen molar-refractivity contribution in [3.8, 4) is 0 Å². The number of hydrogen-bond acceptors (Lipinski definition) is 5. The zero-order valence-corrected chi connectivity index (χ0v) is 15.3. The van der Waals surface area contributed by atoms with Crippen molar-refractivity contribution in [3.05, 3.63) is 41.6 Å². The van der Waals surface area contributed by atoms with E-state index in [1.54, 1.807) is 19.1 Å². The quantitative estimate of drug-likeness (QED) is 0.674. The summed E-state index contributed by atoms with van der Waals surface area (Å²) in [6.45, 7) is 1.79. The first-order valence-electron chi connectivity index (χ1n) is 7.89. The van der Waals surface area contributed by atoms with E-state index >= 15 is 0 Å². The minimum Gasteiger partial charge on any atom is -0.331 e. The van der Waals surface area contributed by atoms with E-state index in [0.29, 0.717) is 32.7 Å². The molecule has 2 N–H and O–H groups in total. The molecule has 2 aromatic heterocycles. The molecular weight excluding hydrogens is 374 g/mol. The molecule has 3 heterocycles. The fourth-order valence-corrected chi connectivity index (χ4v) is 3.80. The molecule has 3 aromatic rings. The molecule has 9 heteroatoms. The molecule has 1 unspecified atom stereocenters. The van der Waals surface area contributed by atoms with Gasteiger partial charge in [0.15, 0.2) is 10.8 Å². The number of fused-ring (bicyclic) bond motifs is 2. The van der Waals surface area contributed by atoms with E-state index in [0.717, 1.165) is 0 Å². The molecule has 0 bridgehead atoms. The van der Waals surface area contributed by atoms with Gasteiger partial charge in [0.05, 0.1) is 27.2 Å². The van der Waals surface area contributed by atoms with E-state index in [1.165, 1.54) is 22.9 Å². The van der Waals surface area contributed by atoms with E-state index in [4.69, 9.17) is 11.6 Å². The molecule has 7 nitrogen and oxygen atoms in total. The second-order valence-corrected chi connectivity index (χ2v) is 7.58. The summed E-state index contributed by atoms with van der Waals surface area (Å²) in [7, 11) is 0. The Kier molecular flexibility index (Phi) is 4.29. The predicted octanol–water partition coefficient (Wildman–Crippen LogP) is 3.08. The zero-order chi connectivity index (χ0) is 18.3. The van der Waals surface area contributed by atoms with Crippen molar-refractivity contribution in [2.45, 2.75) is 17.3 Å². The third-order valence-electron chi connectivity index (χ3n) is 3.96. The van der Waals surface area contributed by atoms with Gasteiger partial charge in [-0.1, -0.05) is 35.5 Å². The number of aromatic amines is 1. The van der Waals surface area contributed by atoms with Gasteiger partial charge in [-0.05, 0) is 25.1 Å². The minimum atomic E-state index is -0.440. The number of aromatic nitrogens is 3. The van der Waals surface area contributed by atoms with Crippen molar-refractivity contribution in [1.82, 2.24) is 15.0 Å². The van der Waals surface area contributed by atoms with Crippen LogP contribution < -0.4 is 10.2 Å². The Morgan fingerprint density at radius 2 is 2.19 bits per heavy atom. The number of halogens is 1. The summed E-state index contributed by atoms with van der Waals surface area (Å²) in [5.74, 6) is -0.374. The molecule has 4 rings (SSSR count). The van der Waals surface area contributed by atoms with Gasteiger partial charge in [-0.25, -0.2) is 9.97 Å². The first-order chi connectivity index (χ1) is 12.5. The first kappa shape index (κ1) is 16.9. The average Bonchev–Trinajstić information content (AvgIpc) is 3.01. The number of nitrogens with one attached hydrogen (secondary N) is 2. The number of hydrogen-bond donors (Lipinski definition) is 2. The molecule has 0 fully saturated rings. The van der Waals surface area contributed by atoms with Gasteiger partial charge in [-0.3, -0.25) is 14.5 Å². The Hall–Kier alpha value is -2.58. The Balaban J connectivity index is 1.57. The maximum absolute atomic E-state index is 12.9. The Morgan fingerprint density at radius 1 is 1.38 bits per heavy atom. The van der Waals surface area contributed by atoms with Crippen molar-refractivity contribution < 1.29 is 9.59 Å². The van der Waals surface area contributed by atoms with E-state index in [-0.39, 0.29) is 18.4 Å². The largest absolute Gasteiger partial charge is 0.331 e. The summed E-state index contributed by atoms with van der Waals surface area (Å²) in [4.78, 5) is 38.0. The normalized spacial score (nSPS) is 14.8. The van der Waals surface area contributed by atoms with E-state index in [1.807, 2.05) is 18.2 Å². The molecule has 0 aliphatic carbocycles. The number of nitrogens with zero attached hydrogens (tertiary/aromatic N) is 3. The van der Waals surface area contributed by atoms with Crippen molar-refractivity contribution in [1.29, 1.82) is 0 Å². The van der Waals surface area contributed by atoms with Crippen molar-refractivity contribution in [2.24, 2.45) is 0 Å². The lowest BCUT2D eigenvalue weighted by Gasteiger charge is -2.30. The number of carbonyl (C=O) groups excluding carboxylic acids is 2. The van der Waals surface area contributed by atoms with Crippen LogP contribution in [0.5, 0.6) is 0 Å². The number of imidazole rings is 1. The van der Waals surface area contributed by atoms with E-state index < -0.39 is 5.25 Å². The molecule has 2 amide bonds. The van der Waals surface area contributed by atoms with Crippen LogP contribution in [-0.4, -0.2) is 38.6 Å². The maximum atomic E-state index is 12.9. The lowest BCUT2D eigenvalue weighted by molar-refractivity contribution is -0.121. The van der Waals surface area contributed by atoms with Gasteiger partial charge in [-0.2, -0.15) is 0 Å². The van der Waals surface area contributed by atoms with Crippen LogP contribution in [0.15, 0.2) is 41.7 Å². The Labute approximate surface area is 158 Å². The highest BCUT2D eigenvalue weighted by molar-refractivity contribution is 8.00. The van der Waals surface area contributed by atoms with Gasteiger partial charge in [0.25, 0.3) is 0 Å². The highest BCUT2D eigenvalue weighted by Gasteiger charge is 2.30. The number of para-hydroxylation sites is 2. The topological polar surface area (TPSA) is 91.0 Å². The second kappa shape index (κ2) is 6.62. The van der Waals surface area contributed by atoms with Crippen LogP contribution in [0.3, 0.4) is 0 Å². The summed E-state index contributed by atoms with van der Waals surface area (Å²) < 4.78 is 0. The van der Waals surface area contributed by atoms with Crippen molar-refractivity contribution >= 4 is 57.7 Å². The lowest BCUT2D eigenvalue weighted by atomic mass is 10.2. The summed E-state index contributed by atoms with van der Waals surface area (Å²) in [6, 6.07) is 8.98. The molecule has 1 aromatic carbocycles. The van der Waals surface area contributed by atoms with Crippen LogP contribution >= 0.6 is 23.4 Å². The third kappa shape index (κ3) is 3.13.